The van der Waals surface area contributed by atoms with E-state index in [1.165, 1.54) is 0 Å². The standard InChI is InChI=1S/C12H10N3O2S/c16-15-8-18(17)7-10(15)5-9-1-2-11-12(6-9)14-4-3-13-11/h1-6H,7-8H2/q+1. The van der Waals surface area contributed by atoms with Crippen molar-refractivity contribution in [2.45, 2.75) is 0 Å². The third kappa shape index (κ3) is 2.12. The van der Waals surface area contributed by atoms with Crippen LogP contribution < -0.4 is 0 Å². The molecule has 1 aromatic carbocycles. The van der Waals surface area contributed by atoms with Crippen molar-refractivity contribution in [3.05, 3.63) is 46.8 Å². The van der Waals surface area contributed by atoms with E-state index in [9.17, 15) is 9.46 Å². The average Bonchev–Trinajstić information content (AvgIpc) is 2.68. The fraction of sp³-hybridized carbons (Fsp3) is 0.167. The Bertz CT molecular complexity index is 657. The molecule has 1 unspecified atom stereocenters. The summed E-state index contributed by atoms with van der Waals surface area (Å²) in [5, 5.41) is 0. The highest BCUT2D eigenvalue weighted by Crippen LogP contribution is 2.19. The van der Waals surface area contributed by atoms with E-state index in [0.29, 0.717) is 11.4 Å². The van der Waals surface area contributed by atoms with Gasteiger partial charge in [0.2, 0.25) is 0 Å². The fourth-order valence-corrected chi connectivity index (χ4v) is 2.95. The summed E-state index contributed by atoms with van der Waals surface area (Å²) in [5.41, 5.74) is 3.02. The van der Waals surface area contributed by atoms with E-state index < -0.39 is 11.2 Å². The number of hydrogen-bond donors (Lipinski definition) is 0. The molecule has 18 heavy (non-hydrogen) atoms. The van der Waals surface area contributed by atoms with Crippen molar-refractivity contribution in [3.63, 3.8) is 0 Å². The zero-order valence-electron chi connectivity index (χ0n) is 9.44. The molecule has 0 saturated carbocycles. The molecule has 5 nitrogen and oxygen atoms in total. The lowest BCUT2D eigenvalue weighted by Crippen LogP contribution is -2.03. The van der Waals surface area contributed by atoms with Gasteiger partial charge in [0.1, 0.15) is 0 Å². The predicted octanol–water partition coefficient (Wildman–Crippen LogP) is 1.47. The zero-order valence-corrected chi connectivity index (χ0v) is 10.3. The van der Waals surface area contributed by atoms with Gasteiger partial charge in [-0.1, -0.05) is 6.07 Å². The molecule has 0 bridgehead atoms. The van der Waals surface area contributed by atoms with Crippen molar-refractivity contribution >= 4 is 28.3 Å². The van der Waals surface area contributed by atoms with E-state index in [4.69, 9.17) is 0 Å². The average molecular weight is 260 g/mol. The maximum atomic E-state index is 11.5. The van der Waals surface area contributed by atoms with E-state index in [-0.39, 0.29) is 5.88 Å². The molecule has 0 N–H and O–H groups in total. The van der Waals surface area contributed by atoms with Crippen molar-refractivity contribution in [3.8, 4) is 0 Å². The topological polar surface area (TPSA) is 68.9 Å². The molecule has 6 heteroatoms. The van der Waals surface area contributed by atoms with Gasteiger partial charge in [-0.2, -0.15) is 0 Å². The van der Waals surface area contributed by atoms with Crippen molar-refractivity contribution in [1.82, 2.24) is 9.97 Å². The molecule has 2 heterocycles. The Labute approximate surface area is 106 Å². The molecule has 2 aromatic rings. The molecule has 1 aliphatic heterocycles. The summed E-state index contributed by atoms with van der Waals surface area (Å²) < 4.78 is 12.1. The molecular formula is C12H10N3O2S+. The Morgan fingerprint density at radius 2 is 2.06 bits per heavy atom. The zero-order chi connectivity index (χ0) is 12.5. The Kier molecular flexibility index (Phi) is 2.81. The summed E-state index contributed by atoms with van der Waals surface area (Å²) in [5.74, 6) is 0.390. The first kappa shape index (κ1) is 11.3. The lowest BCUT2D eigenvalue weighted by molar-refractivity contribution is -0.469. The molecule has 0 radical (unpaired) electrons. The van der Waals surface area contributed by atoms with Gasteiger partial charge in [-0.05, 0) is 17.7 Å². The van der Waals surface area contributed by atoms with Crippen LogP contribution in [0.1, 0.15) is 5.56 Å². The second kappa shape index (κ2) is 4.47. The molecule has 1 aromatic heterocycles. The van der Waals surface area contributed by atoms with Crippen LogP contribution in [0.4, 0.5) is 0 Å². The smallest absolute Gasteiger partial charge is 0.345 e. The maximum Gasteiger partial charge on any atom is 0.345 e. The monoisotopic (exact) mass is 260 g/mol. The molecule has 1 aliphatic rings. The van der Waals surface area contributed by atoms with Crippen LogP contribution in [0.3, 0.4) is 0 Å². The van der Waals surface area contributed by atoms with Crippen LogP contribution in [0.2, 0.25) is 0 Å². The van der Waals surface area contributed by atoms with Gasteiger partial charge in [0.25, 0.3) is 5.70 Å². The third-order valence-electron chi connectivity index (χ3n) is 2.72. The SMILES string of the molecule is O=[N+]1C[S+]([O-])CC1=Cc1ccc2nccnc2c1. The number of benzene rings is 1. The first-order valence-corrected chi connectivity index (χ1v) is 6.92. The highest BCUT2D eigenvalue weighted by atomic mass is 32.2. The highest BCUT2D eigenvalue weighted by molar-refractivity contribution is 7.91. The van der Waals surface area contributed by atoms with Gasteiger partial charge in [-0.3, -0.25) is 9.97 Å². The molecule has 90 valence electrons. The van der Waals surface area contributed by atoms with Gasteiger partial charge in [0.15, 0.2) is 5.75 Å². The Hall–Kier alpha value is -1.79. The van der Waals surface area contributed by atoms with Crippen LogP contribution in [0.15, 0.2) is 36.3 Å². The van der Waals surface area contributed by atoms with Gasteiger partial charge in [0.05, 0.1) is 15.8 Å². The van der Waals surface area contributed by atoms with Crippen molar-refractivity contribution in [2.24, 2.45) is 0 Å². The normalized spacial score (nSPS) is 21.9. The molecule has 0 aliphatic carbocycles. The van der Waals surface area contributed by atoms with Crippen LogP contribution in [-0.2, 0) is 11.2 Å². The van der Waals surface area contributed by atoms with E-state index in [1.54, 1.807) is 18.5 Å². The summed E-state index contributed by atoms with van der Waals surface area (Å²) >= 11 is -1.07. The van der Waals surface area contributed by atoms with Crippen molar-refractivity contribution in [2.75, 3.05) is 11.6 Å². The number of aromatic nitrogens is 2. The Balaban J connectivity index is 2.00. The largest absolute Gasteiger partial charge is 0.611 e. The van der Waals surface area contributed by atoms with Crippen LogP contribution >= 0.6 is 0 Å². The molecule has 1 atom stereocenters. The molecule has 0 amide bonds. The molecule has 1 saturated heterocycles. The minimum Gasteiger partial charge on any atom is -0.611 e. The Morgan fingerprint density at radius 3 is 2.78 bits per heavy atom. The van der Waals surface area contributed by atoms with Crippen LogP contribution in [0.25, 0.3) is 17.1 Å². The van der Waals surface area contributed by atoms with Crippen molar-refractivity contribution < 1.29 is 9.31 Å². The lowest BCUT2D eigenvalue weighted by Gasteiger charge is -1.96. The minimum atomic E-state index is -1.07. The lowest BCUT2D eigenvalue weighted by atomic mass is 10.1. The van der Waals surface area contributed by atoms with Gasteiger partial charge < -0.3 is 4.55 Å². The fourth-order valence-electron chi connectivity index (χ4n) is 1.87. The van der Waals surface area contributed by atoms with E-state index in [2.05, 4.69) is 9.97 Å². The number of hydrogen-bond acceptors (Lipinski definition) is 4. The van der Waals surface area contributed by atoms with Gasteiger partial charge >= 0.3 is 5.88 Å². The number of nitrogens with zero attached hydrogens (tertiary/aromatic N) is 3. The Morgan fingerprint density at radius 1 is 1.28 bits per heavy atom. The second-order valence-electron chi connectivity index (χ2n) is 4.03. The summed E-state index contributed by atoms with van der Waals surface area (Å²) in [7, 11) is 0. The van der Waals surface area contributed by atoms with Crippen LogP contribution in [0.5, 0.6) is 0 Å². The summed E-state index contributed by atoms with van der Waals surface area (Å²) in [6.07, 6.45) is 5.02. The first-order valence-electron chi connectivity index (χ1n) is 5.43. The molecule has 0 spiro atoms. The first-order chi connectivity index (χ1) is 8.72. The number of rotatable bonds is 1. The van der Waals surface area contributed by atoms with Gasteiger partial charge in [-0.25, -0.2) is 0 Å². The van der Waals surface area contributed by atoms with Crippen molar-refractivity contribution in [1.29, 1.82) is 0 Å². The quantitative estimate of drug-likeness (QED) is 0.575. The van der Waals surface area contributed by atoms with E-state index >= 15 is 0 Å². The highest BCUT2D eigenvalue weighted by Gasteiger charge is 2.37. The third-order valence-corrected chi connectivity index (χ3v) is 3.86. The van der Waals surface area contributed by atoms with Crippen LogP contribution in [-0.4, -0.2) is 30.9 Å². The summed E-state index contributed by atoms with van der Waals surface area (Å²) in [6.45, 7) is 0. The maximum absolute atomic E-state index is 11.5. The molecule has 1 fully saturated rings. The molecular weight excluding hydrogens is 250 g/mol. The minimum absolute atomic E-state index is 0.0687. The molecule has 3 rings (SSSR count). The number of fused-ring (bicyclic) bond motifs is 1. The van der Waals surface area contributed by atoms with Gasteiger partial charge in [0, 0.05) is 34.6 Å². The second-order valence-corrected chi connectivity index (χ2v) is 5.46. The summed E-state index contributed by atoms with van der Waals surface area (Å²) in [4.78, 5) is 19.9. The van der Waals surface area contributed by atoms with Gasteiger partial charge in [-0.15, -0.1) is 0 Å². The van der Waals surface area contributed by atoms with Crippen LogP contribution in [0, 0.1) is 4.91 Å². The number of nitroso groups, excluding NO2 is 1. The summed E-state index contributed by atoms with van der Waals surface area (Å²) in [6, 6.07) is 5.60. The van der Waals surface area contributed by atoms with E-state index in [1.807, 2.05) is 18.2 Å². The van der Waals surface area contributed by atoms with E-state index in [0.717, 1.165) is 21.4 Å². The predicted molar refractivity (Wildman–Crippen MR) is 69.0 cm³/mol.